The molecule has 0 aliphatic rings. The first-order chi connectivity index (χ1) is 11.0. The van der Waals surface area contributed by atoms with Gasteiger partial charge in [0.15, 0.2) is 23.2 Å². The molecule has 0 unspecified atom stereocenters. The molecule has 0 saturated heterocycles. The van der Waals surface area contributed by atoms with Gasteiger partial charge in [0, 0.05) is 5.56 Å². The van der Waals surface area contributed by atoms with E-state index in [-0.39, 0.29) is 11.3 Å². The second-order valence-corrected chi connectivity index (χ2v) is 4.44. The van der Waals surface area contributed by atoms with Crippen molar-refractivity contribution in [2.75, 3.05) is 7.11 Å². The number of benzene rings is 2. The lowest BCUT2D eigenvalue weighted by molar-refractivity contribution is 0.371. The Morgan fingerprint density at radius 1 is 0.826 bits per heavy atom. The van der Waals surface area contributed by atoms with E-state index in [2.05, 4.69) is 4.74 Å². The summed E-state index contributed by atoms with van der Waals surface area (Å²) in [7, 11) is 1.15. The lowest BCUT2D eigenvalue weighted by Crippen LogP contribution is -1.97. The molecule has 0 N–H and O–H groups in total. The summed E-state index contributed by atoms with van der Waals surface area (Å²) in [6.45, 7) is 5.79. The molecule has 2 rings (SSSR count). The largest absolute Gasteiger partial charge is 0.494 e. The van der Waals surface area contributed by atoms with Gasteiger partial charge < -0.3 is 4.74 Å². The zero-order valence-electron chi connectivity index (χ0n) is 13.4. The lowest BCUT2D eigenvalue weighted by atomic mass is 10.1. The fourth-order valence-corrected chi connectivity index (χ4v) is 1.80. The monoisotopic (exact) mass is 326 g/mol. The Bertz CT molecular complexity index is 691. The average molecular weight is 326 g/mol. The van der Waals surface area contributed by atoms with Crippen molar-refractivity contribution >= 4 is 11.7 Å². The zero-order valence-corrected chi connectivity index (χ0v) is 13.4. The minimum Gasteiger partial charge on any atom is -0.494 e. The third-order valence-electron chi connectivity index (χ3n) is 3.00. The van der Waals surface area contributed by atoms with Gasteiger partial charge in [-0.2, -0.15) is 4.39 Å². The summed E-state index contributed by atoms with van der Waals surface area (Å²) in [6, 6.07) is 7.88. The van der Waals surface area contributed by atoms with E-state index in [4.69, 9.17) is 0 Å². The van der Waals surface area contributed by atoms with Crippen LogP contribution >= 0.6 is 0 Å². The highest BCUT2D eigenvalue weighted by atomic mass is 19.2. The fraction of sp³-hybridized carbons (Fsp3) is 0.222. The van der Waals surface area contributed by atoms with E-state index >= 15 is 0 Å². The molecule has 2 aromatic rings. The van der Waals surface area contributed by atoms with E-state index in [0.717, 1.165) is 24.8 Å². The standard InChI is InChI=1S/C16H12F4O.C2H6/c1-9-3-5-10(6-4-9)13(17)14(18)11-7-8-12(21-2)16(20)15(11)19;1-2/h3-8H,1-2H3;1-2H3/b14-13+;. The van der Waals surface area contributed by atoms with E-state index in [1.54, 1.807) is 19.1 Å². The fourth-order valence-electron chi connectivity index (χ4n) is 1.80. The molecule has 0 fully saturated rings. The van der Waals surface area contributed by atoms with Gasteiger partial charge in [-0.3, -0.25) is 0 Å². The maximum Gasteiger partial charge on any atom is 0.201 e. The van der Waals surface area contributed by atoms with E-state index < -0.39 is 28.9 Å². The third-order valence-corrected chi connectivity index (χ3v) is 3.00. The van der Waals surface area contributed by atoms with Crippen molar-refractivity contribution in [1.82, 2.24) is 0 Å². The topological polar surface area (TPSA) is 9.23 Å². The van der Waals surface area contributed by atoms with Crippen LogP contribution in [0.5, 0.6) is 5.75 Å². The Hall–Kier alpha value is -2.30. The summed E-state index contributed by atoms with van der Waals surface area (Å²) < 4.78 is 59.9. The van der Waals surface area contributed by atoms with Gasteiger partial charge in [-0.1, -0.05) is 43.7 Å². The highest BCUT2D eigenvalue weighted by molar-refractivity contribution is 5.83. The average Bonchev–Trinajstić information content (AvgIpc) is 2.58. The Labute approximate surface area is 133 Å². The number of ether oxygens (including phenoxy) is 1. The molecule has 0 saturated carbocycles. The van der Waals surface area contributed by atoms with Crippen molar-refractivity contribution in [3.63, 3.8) is 0 Å². The molecule has 0 bridgehead atoms. The molecule has 0 atom stereocenters. The normalized spacial score (nSPS) is 11.3. The van der Waals surface area contributed by atoms with Crippen LogP contribution in [0.4, 0.5) is 17.6 Å². The molecular formula is C18H18F4O. The molecule has 0 radical (unpaired) electrons. The van der Waals surface area contributed by atoms with Crippen molar-refractivity contribution in [3.8, 4) is 5.75 Å². The molecule has 23 heavy (non-hydrogen) atoms. The predicted molar refractivity (Wildman–Crippen MR) is 84.5 cm³/mol. The Morgan fingerprint density at radius 2 is 1.39 bits per heavy atom. The van der Waals surface area contributed by atoms with Crippen LogP contribution in [0.1, 0.15) is 30.5 Å². The lowest BCUT2D eigenvalue weighted by Gasteiger charge is -2.07. The zero-order chi connectivity index (χ0) is 17.6. The smallest absolute Gasteiger partial charge is 0.201 e. The summed E-state index contributed by atoms with van der Waals surface area (Å²) in [5.74, 6) is -5.94. The van der Waals surface area contributed by atoms with Gasteiger partial charge in [0.2, 0.25) is 5.82 Å². The second-order valence-electron chi connectivity index (χ2n) is 4.44. The van der Waals surface area contributed by atoms with E-state index in [1.807, 2.05) is 13.8 Å². The van der Waals surface area contributed by atoms with Crippen LogP contribution in [-0.2, 0) is 0 Å². The van der Waals surface area contributed by atoms with Gasteiger partial charge in [-0.15, -0.1) is 0 Å². The van der Waals surface area contributed by atoms with Crippen molar-refractivity contribution in [1.29, 1.82) is 0 Å². The summed E-state index contributed by atoms with van der Waals surface area (Å²) >= 11 is 0. The van der Waals surface area contributed by atoms with Crippen LogP contribution in [0.2, 0.25) is 0 Å². The summed E-state index contributed by atoms with van der Waals surface area (Å²) in [6.07, 6.45) is 0. The highest BCUT2D eigenvalue weighted by Crippen LogP contribution is 2.33. The minimum absolute atomic E-state index is 0.0475. The molecular weight excluding hydrogens is 308 g/mol. The summed E-state index contributed by atoms with van der Waals surface area (Å²) in [5.41, 5.74) is 0.0359. The number of halogens is 4. The van der Waals surface area contributed by atoms with Gasteiger partial charge >= 0.3 is 0 Å². The van der Waals surface area contributed by atoms with Crippen molar-refractivity contribution in [2.45, 2.75) is 20.8 Å². The van der Waals surface area contributed by atoms with Gasteiger partial charge in [0.25, 0.3) is 0 Å². The molecule has 0 amide bonds. The SMILES string of the molecule is CC.COc1ccc(/C(F)=C(\F)c2ccc(C)cc2)c(F)c1F. The molecule has 2 aromatic carbocycles. The molecule has 0 aliphatic heterocycles. The maximum absolute atomic E-state index is 14.0. The predicted octanol–water partition coefficient (Wildman–Crippen LogP) is 6.07. The molecule has 0 heterocycles. The third kappa shape index (κ3) is 4.12. The molecule has 0 spiro atoms. The van der Waals surface area contributed by atoms with Crippen molar-refractivity contribution in [3.05, 3.63) is 64.7 Å². The minimum atomic E-state index is -1.49. The quantitative estimate of drug-likeness (QED) is 0.491. The van der Waals surface area contributed by atoms with Crippen molar-refractivity contribution < 1.29 is 22.3 Å². The van der Waals surface area contributed by atoms with E-state index in [1.165, 1.54) is 12.1 Å². The molecule has 1 nitrogen and oxygen atoms in total. The second kappa shape index (κ2) is 8.36. The van der Waals surface area contributed by atoms with Gasteiger partial charge in [0.05, 0.1) is 12.7 Å². The molecule has 124 valence electrons. The summed E-state index contributed by atoms with van der Waals surface area (Å²) in [4.78, 5) is 0. The Balaban J connectivity index is 0.00000127. The summed E-state index contributed by atoms with van der Waals surface area (Å²) in [5, 5.41) is 0. The number of hydrogen-bond acceptors (Lipinski definition) is 1. The number of aryl methyl sites for hydroxylation is 1. The highest BCUT2D eigenvalue weighted by Gasteiger charge is 2.20. The van der Waals surface area contributed by atoms with Crippen LogP contribution in [0.3, 0.4) is 0 Å². The Kier molecular flexibility index (Phi) is 6.82. The molecule has 0 aromatic heterocycles. The van der Waals surface area contributed by atoms with Crippen LogP contribution in [0.15, 0.2) is 36.4 Å². The van der Waals surface area contributed by atoms with Crippen LogP contribution in [-0.4, -0.2) is 7.11 Å². The number of rotatable bonds is 3. The molecule has 5 heteroatoms. The van der Waals surface area contributed by atoms with Crippen LogP contribution in [0, 0.1) is 18.6 Å². The first-order valence-electron chi connectivity index (χ1n) is 7.10. The maximum atomic E-state index is 14.0. The van der Waals surface area contributed by atoms with E-state index in [0.29, 0.717) is 0 Å². The first kappa shape index (κ1) is 18.7. The molecule has 0 aliphatic carbocycles. The van der Waals surface area contributed by atoms with E-state index in [9.17, 15) is 17.6 Å². The van der Waals surface area contributed by atoms with Crippen molar-refractivity contribution in [2.24, 2.45) is 0 Å². The van der Waals surface area contributed by atoms with Gasteiger partial charge in [0.1, 0.15) is 0 Å². The van der Waals surface area contributed by atoms with Crippen LogP contribution in [0.25, 0.3) is 11.7 Å². The first-order valence-corrected chi connectivity index (χ1v) is 7.10. The van der Waals surface area contributed by atoms with Gasteiger partial charge in [-0.05, 0) is 19.1 Å². The number of hydrogen-bond donors (Lipinski definition) is 0. The number of methoxy groups -OCH3 is 1. The Morgan fingerprint density at radius 3 is 1.91 bits per heavy atom. The van der Waals surface area contributed by atoms with Crippen LogP contribution < -0.4 is 4.74 Å². The van der Waals surface area contributed by atoms with Gasteiger partial charge in [-0.25, -0.2) is 13.2 Å².